The van der Waals surface area contributed by atoms with Crippen LogP contribution in [0.4, 0.5) is 0 Å². The molecule has 1 fully saturated rings. The van der Waals surface area contributed by atoms with Crippen LogP contribution in [0, 0.1) is 5.92 Å². The highest BCUT2D eigenvalue weighted by Gasteiger charge is 2.33. The molecule has 0 bridgehead atoms. The Bertz CT molecular complexity index is 342. The molecule has 0 amide bonds. The summed E-state index contributed by atoms with van der Waals surface area (Å²) in [5.41, 5.74) is 0. The summed E-state index contributed by atoms with van der Waals surface area (Å²) in [6.07, 6.45) is 4.31. The van der Waals surface area contributed by atoms with Gasteiger partial charge < -0.3 is 4.74 Å². The minimum absolute atomic E-state index is 0.0270. The van der Waals surface area contributed by atoms with E-state index in [1.54, 1.807) is 11.8 Å². The maximum absolute atomic E-state index is 11.5. The molecular formula is C10H15N3O2S. The van der Waals surface area contributed by atoms with Gasteiger partial charge in [-0.3, -0.25) is 9.89 Å². The molecule has 0 spiro atoms. The molecule has 0 aromatic carbocycles. The zero-order valence-electron chi connectivity index (χ0n) is 9.18. The van der Waals surface area contributed by atoms with E-state index in [2.05, 4.69) is 22.1 Å². The third-order valence-corrected chi connectivity index (χ3v) is 3.61. The van der Waals surface area contributed by atoms with Crippen LogP contribution < -0.4 is 0 Å². The fourth-order valence-corrected chi connectivity index (χ4v) is 2.63. The Morgan fingerprint density at radius 2 is 2.56 bits per heavy atom. The van der Waals surface area contributed by atoms with Gasteiger partial charge >= 0.3 is 5.97 Å². The second-order valence-corrected chi connectivity index (χ2v) is 4.89. The van der Waals surface area contributed by atoms with Crippen molar-refractivity contribution in [3.63, 3.8) is 0 Å². The van der Waals surface area contributed by atoms with Crippen molar-refractivity contribution < 1.29 is 9.53 Å². The molecule has 0 radical (unpaired) electrons. The van der Waals surface area contributed by atoms with Gasteiger partial charge in [0.25, 0.3) is 0 Å². The number of esters is 1. The number of H-pyrrole nitrogens is 1. The molecule has 0 unspecified atom stereocenters. The lowest BCUT2D eigenvalue weighted by molar-refractivity contribution is -0.143. The lowest BCUT2D eigenvalue weighted by atomic mass is 10.0. The van der Waals surface area contributed by atoms with Crippen LogP contribution in [0.2, 0.25) is 0 Å². The topological polar surface area (TPSA) is 67.9 Å². The van der Waals surface area contributed by atoms with Crippen molar-refractivity contribution >= 4 is 17.7 Å². The maximum atomic E-state index is 11.5. The number of aromatic nitrogens is 3. The van der Waals surface area contributed by atoms with Crippen molar-refractivity contribution in [1.29, 1.82) is 0 Å². The van der Waals surface area contributed by atoms with E-state index >= 15 is 0 Å². The molecular weight excluding hydrogens is 226 g/mol. The van der Waals surface area contributed by atoms with Gasteiger partial charge in [-0.05, 0) is 12.8 Å². The summed E-state index contributed by atoms with van der Waals surface area (Å²) in [6, 6.07) is 0. The second-order valence-electron chi connectivity index (χ2n) is 3.88. The standard InChI is InChI=1S/C10H15N3O2S/c1-2-3-7-4-8(15-9(7)14)5-16-10-11-6-12-13-10/h6-8H,2-5H2,1H3,(H,11,12,13)/t7-,8-/m1/s1. The molecule has 1 saturated heterocycles. The lowest BCUT2D eigenvalue weighted by Gasteiger charge is -2.06. The van der Waals surface area contributed by atoms with E-state index in [-0.39, 0.29) is 18.0 Å². The number of aromatic amines is 1. The third-order valence-electron chi connectivity index (χ3n) is 2.60. The van der Waals surface area contributed by atoms with E-state index in [4.69, 9.17) is 4.74 Å². The average molecular weight is 241 g/mol. The zero-order chi connectivity index (χ0) is 11.4. The largest absolute Gasteiger partial charge is 0.461 e. The van der Waals surface area contributed by atoms with Crippen LogP contribution >= 0.6 is 11.8 Å². The summed E-state index contributed by atoms with van der Waals surface area (Å²) in [5, 5.41) is 7.31. The Labute approximate surface area is 98.4 Å². The summed E-state index contributed by atoms with van der Waals surface area (Å²) >= 11 is 1.54. The number of cyclic esters (lactones) is 1. The van der Waals surface area contributed by atoms with E-state index in [0.717, 1.165) is 30.2 Å². The Hall–Kier alpha value is -1.04. The SMILES string of the molecule is CCC[C@@H]1C[C@H](CSc2ncn[nH]2)OC1=O. The molecule has 16 heavy (non-hydrogen) atoms. The van der Waals surface area contributed by atoms with Crippen molar-refractivity contribution in [2.24, 2.45) is 5.92 Å². The Morgan fingerprint density at radius 3 is 3.25 bits per heavy atom. The monoisotopic (exact) mass is 241 g/mol. The Balaban J connectivity index is 1.78. The number of ether oxygens (including phenoxy) is 1. The number of hydrogen-bond acceptors (Lipinski definition) is 5. The molecule has 2 atom stereocenters. The average Bonchev–Trinajstić information content (AvgIpc) is 2.87. The van der Waals surface area contributed by atoms with Gasteiger partial charge in [-0.1, -0.05) is 25.1 Å². The molecule has 1 N–H and O–H groups in total. The quantitative estimate of drug-likeness (QED) is 0.627. The van der Waals surface area contributed by atoms with Crippen molar-refractivity contribution in [3.8, 4) is 0 Å². The van der Waals surface area contributed by atoms with Crippen LogP contribution in [0.1, 0.15) is 26.2 Å². The van der Waals surface area contributed by atoms with Gasteiger partial charge in [0.1, 0.15) is 12.4 Å². The summed E-state index contributed by atoms with van der Waals surface area (Å²) in [7, 11) is 0. The van der Waals surface area contributed by atoms with Crippen LogP contribution in [0.5, 0.6) is 0 Å². The molecule has 0 saturated carbocycles. The Kier molecular flexibility index (Phi) is 3.82. The second kappa shape index (κ2) is 5.34. The lowest BCUT2D eigenvalue weighted by Crippen LogP contribution is -2.09. The molecule has 5 nitrogen and oxygen atoms in total. The number of carbonyl (C=O) groups is 1. The smallest absolute Gasteiger partial charge is 0.309 e. The number of carbonyl (C=O) groups excluding carboxylic acids is 1. The highest BCUT2D eigenvalue weighted by atomic mass is 32.2. The van der Waals surface area contributed by atoms with E-state index in [0.29, 0.717) is 0 Å². The fourth-order valence-electron chi connectivity index (χ4n) is 1.84. The van der Waals surface area contributed by atoms with E-state index in [1.807, 2.05) is 0 Å². The molecule has 6 heteroatoms. The normalized spacial score (nSPS) is 24.7. The molecule has 2 heterocycles. The minimum atomic E-state index is -0.0370. The predicted molar refractivity (Wildman–Crippen MR) is 60.0 cm³/mol. The summed E-state index contributed by atoms with van der Waals surface area (Å²) in [4.78, 5) is 15.5. The van der Waals surface area contributed by atoms with Gasteiger partial charge in [0.2, 0.25) is 0 Å². The molecule has 1 aliphatic rings. The van der Waals surface area contributed by atoms with Crippen LogP contribution in [0.15, 0.2) is 11.5 Å². The predicted octanol–water partition coefficient (Wildman–Crippen LogP) is 1.63. The number of hydrogen-bond donors (Lipinski definition) is 1. The van der Waals surface area contributed by atoms with E-state index in [1.165, 1.54) is 6.33 Å². The summed E-state index contributed by atoms with van der Waals surface area (Å²) < 4.78 is 5.30. The fraction of sp³-hybridized carbons (Fsp3) is 0.700. The van der Waals surface area contributed by atoms with Crippen molar-refractivity contribution in [1.82, 2.24) is 15.2 Å². The number of rotatable bonds is 5. The van der Waals surface area contributed by atoms with Crippen molar-refractivity contribution in [2.45, 2.75) is 37.4 Å². The number of thioether (sulfide) groups is 1. The van der Waals surface area contributed by atoms with E-state index < -0.39 is 0 Å². The third kappa shape index (κ3) is 2.75. The van der Waals surface area contributed by atoms with Crippen LogP contribution in [0.3, 0.4) is 0 Å². The number of nitrogens with zero attached hydrogens (tertiary/aromatic N) is 2. The van der Waals surface area contributed by atoms with Crippen LogP contribution in [-0.2, 0) is 9.53 Å². The molecule has 88 valence electrons. The maximum Gasteiger partial charge on any atom is 0.309 e. The molecule has 0 aliphatic carbocycles. The molecule has 2 rings (SSSR count). The zero-order valence-corrected chi connectivity index (χ0v) is 10.00. The highest BCUT2D eigenvalue weighted by Crippen LogP contribution is 2.28. The first-order valence-corrected chi connectivity index (χ1v) is 6.46. The van der Waals surface area contributed by atoms with Crippen molar-refractivity contribution in [2.75, 3.05) is 5.75 Å². The summed E-state index contributed by atoms with van der Waals surface area (Å²) in [5.74, 6) is 0.816. The first kappa shape index (κ1) is 11.4. The van der Waals surface area contributed by atoms with E-state index in [9.17, 15) is 4.79 Å². The van der Waals surface area contributed by atoms with Gasteiger partial charge in [-0.15, -0.1) is 0 Å². The number of nitrogens with one attached hydrogen (secondary N) is 1. The Morgan fingerprint density at radius 1 is 1.69 bits per heavy atom. The first-order chi connectivity index (χ1) is 7.79. The molecule has 1 aliphatic heterocycles. The van der Waals surface area contributed by atoms with Crippen LogP contribution in [-0.4, -0.2) is 33.0 Å². The van der Waals surface area contributed by atoms with Gasteiger partial charge in [-0.25, -0.2) is 4.98 Å². The minimum Gasteiger partial charge on any atom is -0.461 e. The summed E-state index contributed by atoms with van der Waals surface area (Å²) in [6.45, 7) is 2.09. The molecule has 1 aromatic heterocycles. The van der Waals surface area contributed by atoms with Gasteiger partial charge in [0, 0.05) is 5.75 Å². The van der Waals surface area contributed by atoms with Crippen LogP contribution in [0.25, 0.3) is 0 Å². The van der Waals surface area contributed by atoms with Crippen molar-refractivity contribution in [3.05, 3.63) is 6.33 Å². The van der Waals surface area contributed by atoms with Gasteiger partial charge in [0.05, 0.1) is 5.92 Å². The van der Waals surface area contributed by atoms with Gasteiger partial charge in [-0.2, -0.15) is 5.10 Å². The highest BCUT2D eigenvalue weighted by molar-refractivity contribution is 7.99. The first-order valence-electron chi connectivity index (χ1n) is 5.48. The molecule has 1 aromatic rings. The van der Waals surface area contributed by atoms with Gasteiger partial charge in [0.15, 0.2) is 5.16 Å².